The molecule has 0 amide bonds. The first-order chi connectivity index (χ1) is 9.02. The van der Waals surface area contributed by atoms with Gasteiger partial charge in [0.25, 0.3) is 0 Å². The third-order valence-corrected chi connectivity index (χ3v) is 3.32. The van der Waals surface area contributed by atoms with Crippen LogP contribution in [0.4, 0.5) is 0 Å². The van der Waals surface area contributed by atoms with Gasteiger partial charge in [0.05, 0.1) is 23.5 Å². The number of aryl methyl sites for hydroxylation is 1. The second kappa shape index (κ2) is 6.06. The monoisotopic (exact) mass is 279 g/mol. The van der Waals surface area contributed by atoms with E-state index < -0.39 is 0 Å². The number of hydrogen-bond acceptors (Lipinski definition) is 6. The summed E-state index contributed by atoms with van der Waals surface area (Å²) in [7, 11) is 0. The van der Waals surface area contributed by atoms with Crippen molar-refractivity contribution >= 4 is 17.1 Å². The quantitative estimate of drug-likeness (QED) is 0.813. The van der Waals surface area contributed by atoms with E-state index in [1.54, 1.807) is 11.3 Å². The summed E-state index contributed by atoms with van der Waals surface area (Å²) in [5.41, 5.74) is 0.934. The van der Waals surface area contributed by atoms with Crippen LogP contribution in [0.15, 0.2) is 9.90 Å². The average Bonchev–Trinajstić information content (AvgIpc) is 2.88. The van der Waals surface area contributed by atoms with Crippen molar-refractivity contribution in [1.29, 1.82) is 0 Å². The van der Waals surface area contributed by atoms with Gasteiger partial charge in [0, 0.05) is 11.8 Å². The van der Waals surface area contributed by atoms with Gasteiger partial charge >= 0.3 is 0 Å². The molecule has 0 saturated heterocycles. The second-order valence-electron chi connectivity index (χ2n) is 4.95. The summed E-state index contributed by atoms with van der Waals surface area (Å²) in [5.74, 6) is 1.47. The van der Waals surface area contributed by atoms with Crippen LogP contribution in [0.1, 0.15) is 42.7 Å². The highest BCUT2D eigenvalue weighted by Gasteiger charge is 2.13. The van der Waals surface area contributed by atoms with E-state index in [0.717, 1.165) is 10.7 Å². The van der Waals surface area contributed by atoms with Gasteiger partial charge in [-0.3, -0.25) is 4.79 Å². The van der Waals surface area contributed by atoms with Crippen LogP contribution in [0.3, 0.4) is 0 Å². The molecule has 0 atom stereocenters. The zero-order valence-electron chi connectivity index (χ0n) is 11.3. The maximum Gasteiger partial charge on any atom is 0.234 e. The average molecular weight is 279 g/mol. The molecule has 0 aliphatic heterocycles. The van der Waals surface area contributed by atoms with Gasteiger partial charge < -0.3 is 4.52 Å². The van der Waals surface area contributed by atoms with Crippen LogP contribution in [0, 0.1) is 12.8 Å². The SMILES string of the molecule is Cc1nc(Cc2noc(CC(=O)CC(C)C)n2)cs1. The fourth-order valence-corrected chi connectivity index (χ4v) is 2.39. The third-order valence-electron chi connectivity index (χ3n) is 2.50. The zero-order valence-corrected chi connectivity index (χ0v) is 12.2. The Morgan fingerprint density at radius 1 is 1.42 bits per heavy atom. The number of ketones is 1. The highest BCUT2D eigenvalue weighted by atomic mass is 32.1. The molecule has 0 N–H and O–H groups in total. The fourth-order valence-electron chi connectivity index (χ4n) is 1.78. The van der Waals surface area contributed by atoms with Crippen molar-refractivity contribution in [2.75, 3.05) is 0 Å². The molecule has 2 aromatic rings. The molecule has 2 heterocycles. The molecule has 19 heavy (non-hydrogen) atoms. The standard InChI is InChI=1S/C13H17N3O2S/c1-8(2)4-11(17)6-13-15-12(16-18-13)5-10-7-19-9(3)14-10/h7-8H,4-6H2,1-3H3. The van der Waals surface area contributed by atoms with Crippen molar-refractivity contribution in [1.82, 2.24) is 15.1 Å². The minimum absolute atomic E-state index is 0.134. The Morgan fingerprint density at radius 3 is 2.84 bits per heavy atom. The maximum absolute atomic E-state index is 11.7. The first-order valence-corrected chi connectivity index (χ1v) is 7.15. The van der Waals surface area contributed by atoms with Gasteiger partial charge in [-0.1, -0.05) is 19.0 Å². The smallest absolute Gasteiger partial charge is 0.234 e. The lowest BCUT2D eigenvalue weighted by molar-refractivity contribution is -0.119. The fraction of sp³-hybridized carbons (Fsp3) is 0.538. The zero-order chi connectivity index (χ0) is 13.8. The Labute approximate surface area is 116 Å². The van der Waals surface area contributed by atoms with Gasteiger partial charge in [0.1, 0.15) is 5.78 Å². The summed E-state index contributed by atoms with van der Waals surface area (Å²) in [5, 5.41) is 6.88. The minimum atomic E-state index is 0.134. The van der Waals surface area contributed by atoms with Crippen molar-refractivity contribution in [2.45, 2.75) is 40.0 Å². The molecule has 5 nitrogen and oxygen atoms in total. The highest BCUT2D eigenvalue weighted by Crippen LogP contribution is 2.12. The second-order valence-corrected chi connectivity index (χ2v) is 6.01. The number of aromatic nitrogens is 3. The van der Waals surface area contributed by atoms with Gasteiger partial charge in [-0.15, -0.1) is 11.3 Å². The summed E-state index contributed by atoms with van der Waals surface area (Å²) < 4.78 is 5.09. The van der Waals surface area contributed by atoms with E-state index in [1.807, 2.05) is 26.2 Å². The normalized spacial score (nSPS) is 11.2. The molecule has 102 valence electrons. The summed E-state index contributed by atoms with van der Waals surface area (Å²) >= 11 is 1.60. The number of nitrogens with zero attached hydrogens (tertiary/aromatic N) is 3. The van der Waals surface area contributed by atoms with E-state index in [4.69, 9.17) is 4.52 Å². The molecule has 0 bridgehead atoms. The van der Waals surface area contributed by atoms with Crippen LogP contribution in [0.25, 0.3) is 0 Å². The van der Waals surface area contributed by atoms with E-state index in [2.05, 4.69) is 15.1 Å². The third kappa shape index (κ3) is 4.24. The maximum atomic E-state index is 11.7. The number of carbonyl (C=O) groups excluding carboxylic acids is 1. The Bertz CT molecular complexity index is 560. The Hall–Kier alpha value is -1.56. The lowest BCUT2D eigenvalue weighted by Crippen LogP contribution is -2.06. The lowest BCUT2D eigenvalue weighted by Gasteiger charge is -2.00. The minimum Gasteiger partial charge on any atom is -0.339 e. The summed E-state index contributed by atoms with van der Waals surface area (Å²) in [6.07, 6.45) is 1.32. The van der Waals surface area contributed by atoms with Crippen molar-refractivity contribution in [2.24, 2.45) is 5.92 Å². The Morgan fingerprint density at radius 2 is 2.21 bits per heavy atom. The summed E-state index contributed by atoms with van der Waals surface area (Å²) in [6.45, 7) is 5.99. The van der Waals surface area contributed by atoms with Crippen LogP contribution in [0.5, 0.6) is 0 Å². The molecule has 6 heteroatoms. The molecule has 2 rings (SSSR count). The largest absolute Gasteiger partial charge is 0.339 e. The van der Waals surface area contributed by atoms with Gasteiger partial charge in [-0.05, 0) is 12.8 Å². The Balaban J connectivity index is 1.93. The molecule has 0 saturated carbocycles. The molecule has 0 radical (unpaired) electrons. The topological polar surface area (TPSA) is 68.9 Å². The number of rotatable bonds is 6. The van der Waals surface area contributed by atoms with Crippen molar-refractivity contribution < 1.29 is 9.32 Å². The van der Waals surface area contributed by atoms with Gasteiger partial charge in [-0.25, -0.2) is 4.98 Å². The highest BCUT2D eigenvalue weighted by molar-refractivity contribution is 7.09. The molecule has 0 aromatic carbocycles. The molecule has 0 spiro atoms. The molecular formula is C13H17N3O2S. The molecule has 2 aromatic heterocycles. The van der Waals surface area contributed by atoms with Crippen LogP contribution in [0.2, 0.25) is 0 Å². The Kier molecular flexibility index (Phi) is 4.42. The molecular weight excluding hydrogens is 262 g/mol. The number of thiazole rings is 1. The van der Waals surface area contributed by atoms with Crippen LogP contribution >= 0.6 is 11.3 Å². The molecule has 0 aliphatic rings. The van der Waals surface area contributed by atoms with Crippen molar-refractivity contribution in [3.05, 3.63) is 27.8 Å². The van der Waals surface area contributed by atoms with Crippen LogP contribution < -0.4 is 0 Å². The van der Waals surface area contributed by atoms with Crippen molar-refractivity contribution in [3.8, 4) is 0 Å². The van der Waals surface area contributed by atoms with Gasteiger partial charge in [0.15, 0.2) is 5.82 Å². The number of hydrogen-bond donors (Lipinski definition) is 0. The number of carbonyl (C=O) groups is 1. The van der Waals surface area contributed by atoms with Gasteiger partial charge in [0.2, 0.25) is 5.89 Å². The van der Waals surface area contributed by atoms with E-state index >= 15 is 0 Å². The molecule has 0 fully saturated rings. The summed E-state index contributed by atoms with van der Waals surface area (Å²) in [6, 6.07) is 0. The van der Waals surface area contributed by atoms with E-state index in [0.29, 0.717) is 30.5 Å². The van der Waals surface area contributed by atoms with Crippen LogP contribution in [-0.4, -0.2) is 20.9 Å². The van der Waals surface area contributed by atoms with Gasteiger partial charge in [-0.2, -0.15) is 4.98 Å². The van der Waals surface area contributed by atoms with Crippen molar-refractivity contribution in [3.63, 3.8) is 0 Å². The predicted molar refractivity (Wildman–Crippen MR) is 72.1 cm³/mol. The molecule has 0 aliphatic carbocycles. The first-order valence-electron chi connectivity index (χ1n) is 6.27. The predicted octanol–water partition coefficient (Wildman–Crippen LogP) is 2.58. The van der Waals surface area contributed by atoms with E-state index in [1.165, 1.54) is 0 Å². The first kappa shape index (κ1) is 13.9. The lowest BCUT2D eigenvalue weighted by atomic mass is 10.1. The van der Waals surface area contributed by atoms with Crippen LogP contribution in [-0.2, 0) is 17.6 Å². The van der Waals surface area contributed by atoms with E-state index in [-0.39, 0.29) is 12.2 Å². The summed E-state index contributed by atoms with van der Waals surface area (Å²) in [4.78, 5) is 20.2. The molecule has 0 unspecified atom stereocenters. The van der Waals surface area contributed by atoms with E-state index in [9.17, 15) is 4.79 Å². The number of Topliss-reactive ketones (excluding diaryl/α,β-unsaturated/α-hetero) is 1.